The minimum absolute atomic E-state index is 0.0455. The smallest absolute Gasteiger partial charge is 0.339 e. The zero-order valence-electron chi connectivity index (χ0n) is 29.7. The van der Waals surface area contributed by atoms with Gasteiger partial charge in [-0.05, 0) is 82.5 Å². The zero-order chi connectivity index (χ0) is 35.8. The molecule has 0 fully saturated rings. The highest BCUT2D eigenvalue weighted by molar-refractivity contribution is 7.92. The second-order valence-electron chi connectivity index (χ2n) is 14.5. The van der Waals surface area contributed by atoms with Crippen LogP contribution < -0.4 is 4.31 Å². The van der Waals surface area contributed by atoms with E-state index < -0.39 is 47.8 Å². The van der Waals surface area contributed by atoms with Crippen LogP contribution in [0.15, 0.2) is 30.3 Å². The average Bonchev–Trinajstić information content (AvgIpc) is 3.31. The van der Waals surface area contributed by atoms with Gasteiger partial charge in [0.25, 0.3) is 0 Å². The van der Waals surface area contributed by atoms with Crippen LogP contribution in [0.3, 0.4) is 0 Å². The summed E-state index contributed by atoms with van der Waals surface area (Å²) in [5.74, 6) is -1.18. The van der Waals surface area contributed by atoms with E-state index >= 15 is 0 Å². The quantitative estimate of drug-likeness (QED) is 0.137. The Kier molecular flexibility index (Phi) is 11.5. The first-order valence-corrected chi connectivity index (χ1v) is 21.9. The fourth-order valence-electron chi connectivity index (χ4n) is 6.17. The molecule has 0 amide bonds. The number of ether oxygens (including phenoxy) is 4. The molecule has 2 aromatic carbocycles. The van der Waals surface area contributed by atoms with Gasteiger partial charge in [-0.2, -0.15) is 0 Å². The Morgan fingerprint density at radius 1 is 1.10 bits per heavy atom. The molecule has 264 valence electrons. The number of sulfonamides is 1. The predicted octanol–water partition coefficient (Wildman–Crippen LogP) is 7.04. The van der Waals surface area contributed by atoms with Crippen molar-refractivity contribution in [1.82, 2.24) is 4.57 Å². The third-order valence-electron chi connectivity index (χ3n) is 8.30. The van der Waals surface area contributed by atoms with Crippen molar-refractivity contribution in [2.45, 2.75) is 91.5 Å². The molecule has 2 heterocycles. The topological polar surface area (TPSA) is 113 Å². The number of aromatic nitrogens is 1. The van der Waals surface area contributed by atoms with Crippen LogP contribution in [0.5, 0.6) is 0 Å². The molecule has 0 unspecified atom stereocenters. The number of hydrogen-bond donors (Lipinski definition) is 0. The van der Waals surface area contributed by atoms with Crippen LogP contribution in [0, 0.1) is 13.8 Å². The molecule has 4 rings (SSSR count). The molecule has 48 heavy (non-hydrogen) atoms. The fourth-order valence-corrected chi connectivity index (χ4v) is 11.1. The fraction of sp³-hybridized carbons (Fsp3) is 0.543. The Bertz CT molecular complexity index is 1780. The van der Waals surface area contributed by atoms with Gasteiger partial charge in [0, 0.05) is 36.3 Å². The normalized spacial score (nSPS) is 15.9. The van der Waals surface area contributed by atoms with Gasteiger partial charge in [-0.25, -0.2) is 18.0 Å². The molecule has 0 aliphatic carbocycles. The lowest BCUT2D eigenvalue weighted by atomic mass is 9.87. The summed E-state index contributed by atoms with van der Waals surface area (Å²) < 4.78 is 55.4. The molecule has 1 aromatic heterocycles. The predicted molar refractivity (Wildman–Crippen MR) is 193 cm³/mol. The van der Waals surface area contributed by atoms with Gasteiger partial charge in [0.2, 0.25) is 10.0 Å². The van der Waals surface area contributed by atoms with Crippen LogP contribution in [-0.4, -0.2) is 77.3 Å². The van der Waals surface area contributed by atoms with E-state index in [1.807, 2.05) is 52.8 Å². The lowest BCUT2D eigenvalue weighted by molar-refractivity contribution is -0.164. The molecular weight excluding hydrogens is 672 g/mol. The summed E-state index contributed by atoms with van der Waals surface area (Å²) >= 11 is 6.31. The summed E-state index contributed by atoms with van der Waals surface area (Å²) in [6.07, 6.45) is -1.18. The summed E-state index contributed by atoms with van der Waals surface area (Å²) in [6.45, 7) is 17.7. The first-order valence-electron chi connectivity index (χ1n) is 16.2. The third kappa shape index (κ3) is 8.27. The second-order valence-corrected chi connectivity index (χ2v) is 22.5. The highest BCUT2D eigenvalue weighted by Crippen LogP contribution is 2.50. The van der Waals surface area contributed by atoms with E-state index in [9.17, 15) is 18.0 Å². The number of methoxy groups -OCH3 is 1. The van der Waals surface area contributed by atoms with Crippen molar-refractivity contribution in [3.63, 3.8) is 0 Å². The van der Waals surface area contributed by atoms with Gasteiger partial charge >= 0.3 is 11.9 Å². The van der Waals surface area contributed by atoms with Crippen LogP contribution >= 0.6 is 11.6 Å². The number of carbonyl (C=O) groups is 2. The molecule has 1 aliphatic heterocycles. The van der Waals surface area contributed by atoms with Crippen molar-refractivity contribution in [1.29, 1.82) is 0 Å². The molecule has 0 spiro atoms. The molecular formula is C35H49ClN2O8SSi. The van der Waals surface area contributed by atoms with Crippen molar-refractivity contribution in [2.75, 3.05) is 37.0 Å². The number of aryl methyl sites for hydroxylation is 1. The summed E-state index contributed by atoms with van der Waals surface area (Å²) in [6, 6.07) is 9.24. The van der Waals surface area contributed by atoms with Gasteiger partial charge in [0.15, 0.2) is 6.10 Å². The van der Waals surface area contributed by atoms with E-state index in [1.165, 1.54) is 11.4 Å². The Morgan fingerprint density at radius 3 is 2.31 bits per heavy atom. The van der Waals surface area contributed by atoms with Crippen LogP contribution in [0.4, 0.5) is 5.69 Å². The molecule has 0 saturated carbocycles. The highest BCUT2D eigenvalue weighted by atomic mass is 35.5. The molecule has 1 aliphatic rings. The molecule has 10 nitrogen and oxygen atoms in total. The zero-order valence-corrected chi connectivity index (χ0v) is 32.3. The maximum atomic E-state index is 14.6. The Hall–Kier alpha value is -2.90. The van der Waals surface area contributed by atoms with Gasteiger partial charge in [-0.15, -0.1) is 0 Å². The number of nitrogens with zero attached hydrogens (tertiary/aromatic N) is 2. The van der Waals surface area contributed by atoms with Gasteiger partial charge in [-0.3, -0.25) is 4.31 Å². The van der Waals surface area contributed by atoms with Crippen molar-refractivity contribution in [3.05, 3.63) is 52.2 Å². The number of anilines is 1. The highest BCUT2D eigenvalue weighted by Gasteiger charge is 2.42. The van der Waals surface area contributed by atoms with E-state index in [0.717, 1.165) is 27.7 Å². The Balaban J connectivity index is 2.09. The lowest BCUT2D eigenvalue weighted by Crippen LogP contribution is -2.50. The first kappa shape index (κ1) is 37.9. The summed E-state index contributed by atoms with van der Waals surface area (Å²) in [5, 5.41) is 1.33. The van der Waals surface area contributed by atoms with E-state index in [0.29, 0.717) is 34.4 Å². The van der Waals surface area contributed by atoms with Gasteiger partial charge in [0.1, 0.15) is 6.61 Å². The Morgan fingerprint density at radius 2 is 1.75 bits per heavy atom. The largest absolute Gasteiger partial charge is 0.467 e. The van der Waals surface area contributed by atoms with E-state index in [1.54, 1.807) is 19.1 Å². The van der Waals surface area contributed by atoms with Crippen LogP contribution in [0.1, 0.15) is 50.6 Å². The maximum Gasteiger partial charge on any atom is 0.339 e. The minimum Gasteiger partial charge on any atom is -0.467 e. The van der Waals surface area contributed by atoms with Crippen LogP contribution in [0.25, 0.3) is 22.0 Å². The Labute approximate surface area is 290 Å². The van der Waals surface area contributed by atoms with Crippen molar-refractivity contribution in [2.24, 2.45) is 0 Å². The number of carbonyl (C=O) groups excluding carboxylic acids is 2. The van der Waals surface area contributed by atoms with Crippen molar-refractivity contribution < 1.29 is 37.0 Å². The monoisotopic (exact) mass is 720 g/mol. The van der Waals surface area contributed by atoms with E-state index in [4.69, 9.17) is 30.5 Å². The first-order chi connectivity index (χ1) is 22.3. The molecule has 2 atom stereocenters. The standard InChI is InChI=1S/C35H49ClN2O8SSi/c1-11-45-28(39)21-44-20-26-19-37-22(2)18-27-30(24-12-14-25(36)15-13-24)29(33(34(40)43-7)46-35(4,5)6)23(3)31(32(27)37)38(26)47(41,42)16-17-48(8,9)10/h12-15,18,26,33H,11,16-17,19-21H2,1-10H3/t26-,33-/m0/s1. The number of hydrogen-bond acceptors (Lipinski definition) is 8. The van der Waals surface area contributed by atoms with Gasteiger partial charge < -0.3 is 23.5 Å². The number of halogens is 1. The molecule has 3 aromatic rings. The number of benzene rings is 2. The summed E-state index contributed by atoms with van der Waals surface area (Å²) in [7, 11) is -4.39. The van der Waals surface area contributed by atoms with Crippen LogP contribution in [0.2, 0.25) is 30.7 Å². The summed E-state index contributed by atoms with van der Waals surface area (Å²) in [4.78, 5) is 25.8. The van der Waals surface area contributed by atoms with E-state index in [2.05, 4.69) is 24.2 Å². The van der Waals surface area contributed by atoms with E-state index in [-0.39, 0.29) is 25.6 Å². The van der Waals surface area contributed by atoms with Gasteiger partial charge in [0.05, 0.1) is 48.9 Å². The number of rotatable bonds is 13. The molecule has 0 N–H and O–H groups in total. The second kappa shape index (κ2) is 14.5. The minimum atomic E-state index is -3.93. The van der Waals surface area contributed by atoms with Gasteiger partial charge in [-0.1, -0.05) is 43.4 Å². The molecule has 13 heteroatoms. The summed E-state index contributed by atoms with van der Waals surface area (Å²) in [5.41, 5.74) is 3.94. The molecule has 0 bridgehead atoms. The average molecular weight is 721 g/mol. The van der Waals surface area contributed by atoms with Crippen molar-refractivity contribution >= 4 is 58.2 Å². The van der Waals surface area contributed by atoms with Crippen molar-refractivity contribution in [3.8, 4) is 11.1 Å². The van der Waals surface area contributed by atoms with Crippen LogP contribution in [-0.2, 0) is 45.1 Å². The molecule has 0 radical (unpaired) electrons. The third-order valence-corrected chi connectivity index (χ3v) is 12.5. The number of esters is 2. The molecule has 0 saturated heterocycles. The lowest BCUT2D eigenvalue weighted by Gasteiger charge is -2.40. The SMILES string of the molecule is CCOC(=O)COC[C@@H]1Cn2c(C)cc3c(-c4ccc(Cl)cc4)c([C@H](OC(C)(C)C)C(=O)OC)c(C)c(c32)N1S(=O)(=O)CC[Si](C)(C)C. The maximum absolute atomic E-state index is 14.6.